The minimum absolute atomic E-state index is 0.161. The van der Waals surface area contributed by atoms with Crippen LogP contribution in [0.5, 0.6) is 11.5 Å². The highest BCUT2D eigenvalue weighted by molar-refractivity contribution is 7.80. The summed E-state index contributed by atoms with van der Waals surface area (Å²) in [7, 11) is 3.17. The van der Waals surface area contributed by atoms with Gasteiger partial charge in [0.1, 0.15) is 17.2 Å². The van der Waals surface area contributed by atoms with Crippen molar-refractivity contribution in [1.82, 2.24) is 10.3 Å². The van der Waals surface area contributed by atoms with Gasteiger partial charge < -0.3 is 19.8 Å². The monoisotopic (exact) mass is 280 g/mol. The third-order valence-corrected chi connectivity index (χ3v) is 2.99. The molecule has 0 aliphatic rings. The summed E-state index contributed by atoms with van der Waals surface area (Å²) in [6.07, 6.45) is 0. The smallest absolute Gasteiger partial charge is 0.267 e. The van der Waals surface area contributed by atoms with Gasteiger partial charge in [-0.1, -0.05) is 0 Å². The SMILES string of the molecule is COc1cc(OC)c2[nH]c(C(=O)NCCS)cc2c1. The maximum absolute atomic E-state index is 11.9. The third kappa shape index (κ3) is 2.78. The molecular weight excluding hydrogens is 264 g/mol. The number of hydrogen-bond acceptors (Lipinski definition) is 4. The topological polar surface area (TPSA) is 63.4 Å². The van der Waals surface area contributed by atoms with Gasteiger partial charge in [-0.3, -0.25) is 4.79 Å². The molecule has 2 aromatic rings. The predicted molar refractivity (Wildman–Crippen MR) is 77.6 cm³/mol. The molecule has 0 saturated heterocycles. The van der Waals surface area contributed by atoms with Crippen LogP contribution in [0, 0.1) is 0 Å². The number of carbonyl (C=O) groups excluding carboxylic acids is 1. The van der Waals surface area contributed by atoms with Crippen molar-refractivity contribution in [2.75, 3.05) is 26.5 Å². The van der Waals surface area contributed by atoms with Crippen molar-refractivity contribution in [3.63, 3.8) is 0 Å². The number of nitrogens with one attached hydrogen (secondary N) is 2. The number of ether oxygens (including phenoxy) is 2. The van der Waals surface area contributed by atoms with Crippen molar-refractivity contribution in [2.45, 2.75) is 0 Å². The van der Waals surface area contributed by atoms with Crippen LogP contribution in [0.4, 0.5) is 0 Å². The van der Waals surface area contributed by atoms with Crippen molar-refractivity contribution in [3.05, 3.63) is 23.9 Å². The fourth-order valence-corrected chi connectivity index (χ4v) is 1.96. The molecule has 0 bridgehead atoms. The average molecular weight is 280 g/mol. The van der Waals surface area contributed by atoms with E-state index in [2.05, 4.69) is 22.9 Å². The van der Waals surface area contributed by atoms with Gasteiger partial charge in [0.15, 0.2) is 0 Å². The van der Waals surface area contributed by atoms with E-state index < -0.39 is 0 Å². The van der Waals surface area contributed by atoms with E-state index >= 15 is 0 Å². The number of benzene rings is 1. The largest absolute Gasteiger partial charge is 0.497 e. The lowest BCUT2D eigenvalue weighted by Gasteiger charge is -2.05. The zero-order valence-electron chi connectivity index (χ0n) is 10.8. The zero-order chi connectivity index (χ0) is 13.8. The Labute approximate surface area is 116 Å². The van der Waals surface area contributed by atoms with Crippen LogP contribution in [-0.2, 0) is 0 Å². The van der Waals surface area contributed by atoms with Crippen LogP contribution >= 0.6 is 12.6 Å². The van der Waals surface area contributed by atoms with Crippen molar-refractivity contribution in [3.8, 4) is 11.5 Å². The summed E-state index contributed by atoms with van der Waals surface area (Å²) >= 11 is 4.05. The van der Waals surface area contributed by atoms with Gasteiger partial charge in [-0.25, -0.2) is 0 Å². The number of carbonyl (C=O) groups is 1. The minimum Gasteiger partial charge on any atom is -0.497 e. The summed E-state index contributed by atoms with van der Waals surface area (Å²) in [5, 5.41) is 3.62. The number of fused-ring (bicyclic) bond motifs is 1. The first-order valence-electron chi connectivity index (χ1n) is 5.83. The van der Waals surface area contributed by atoms with Crippen LogP contribution in [-0.4, -0.2) is 37.4 Å². The highest BCUT2D eigenvalue weighted by Gasteiger charge is 2.13. The molecule has 5 nitrogen and oxygen atoms in total. The van der Waals surface area contributed by atoms with E-state index in [1.165, 1.54) is 0 Å². The molecule has 1 heterocycles. The van der Waals surface area contributed by atoms with E-state index in [-0.39, 0.29) is 5.91 Å². The van der Waals surface area contributed by atoms with Gasteiger partial charge in [0, 0.05) is 23.8 Å². The Morgan fingerprint density at radius 2 is 2.11 bits per heavy atom. The standard InChI is InChI=1S/C13H16N2O3S/c1-17-9-5-8-6-10(13(16)14-3-4-19)15-12(8)11(7-9)18-2/h5-7,15,19H,3-4H2,1-2H3,(H,14,16). The Bertz CT molecular complexity index is 595. The van der Waals surface area contributed by atoms with E-state index in [9.17, 15) is 4.79 Å². The zero-order valence-corrected chi connectivity index (χ0v) is 11.7. The molecule has 0 spiro atoms. The lowest BCUT2D eigenvalue weighted by molar-refractivity contribution is 0.0952. The van der Waals surface area contributed by atoms with E-state index in [1.807, 2.05) is 6.07 Å². The number of methoxy groups -OCH3 is 2. The Balaban J connectivity index is 2.41. The van der Waals surface area contributed by atoms with Crippen LogP contribution in [0.2, 0.25) is 0 Å². The molecule has 0 aliphatic carbocycles. The highest BCUT2D eigenvalue weighted by atomic mass is 32.1. The van der Waals surface area contributed by atoms with Gasteiger partial charge in [0.05, 0.1) is 19.7 Å². The number of H-pyrrole nitrogens is 1. The Morgan fingerprint density at radius 3 is 2.74 bits per heavy atom. The highest BCUT2D eigenvalue weighted by Crippen LogP contribution is 2.31. The first-order chi connectivity index (χ1) is 9.19. The fraction of sp³-hybridized carbons (Fsp3) is 0.308. The molecule has 0 aliphatic heterocycles. The summed E-state index contributed by atoms with van der Waals surface area (Å²) in [4.78, 5) is 14.9. The first kappa shape index (κ1) is 13.6. The first-order valence-corrected chi connectivity index (χ1v) is 6.46. The quantitative estimate of drug-likeness (QED) is 0.732. The molecule has 1 aromatic heterocycles. The van der Waals surface area contributed by atoms with Crippen molar-refractivity contribution < 1.29 is 14.3 Å². The molecule has 0 unspecified atom stereocenters. The molecule has 2 rings (SSSR count). The molecule has 2 N–H and O–H groups in total. The summed E-state index contributed by atoms with van der Waals surface area (Å²) < 4.78 is 10.5. The number of amides is 1. The van der Waals surface area contributed by atoms with E-state index in [4.69, 9.17) is 9.47 Å². The van der Waals surface area contributed by atoms with Gasteiger partial charge in [0.25, 0.3) is 5.91 Å². The van der Waals surface area contributed by atoms with Crippen LogP contribution in [0.1, 0.15) is 10.5 Å². The van der Waals surface area contributed by atoms with E-state index in [0.717, 1.165) is 10.9 Å². The van der Waals surface area contributed by atoms with Gasteiger partial charge in [-0.05, 0) is 12.1 Å². The molecule has 1 aromatic carbocycles. The number of hydrogen-bond donors (Lipinski definition) is 3. The summed E-state index contributed by atoms with van der Waals surface area (Å²) in [6.45, 7) is 0.526. The van der Waals surface area contributed by atoms with Gasteiger partial charge in [-0.15, -0.1) is 0 Å². The van der Waals surface area contributed by atoms with Gasteiger partial charge in [0.2, 0.25) is 0 Å². The number of rotatable bonds is 5. The third-order valence-electron chi connectivity index (χ3n) is 2.76. The molecule has 1 amide bonds. The lowest BCUT2D eigenvalue weighted by Crippen LogP contribution is -2.25. The maximum Gasteiger partial charge on any atom is 0.267 e. The van der Waals surface area contributed by atoms with E-state index in [1.54, 1.807) is 26.4 Å². The van der Waals surface area contributed by atoms with Crippen molar-refractivity contribution >= 4 is 29.4 Å². The Kier molecular flexibility index (Phi) is 4.21. The van der Waals surface area contributed by atoms with Crippen molar-refractivity contribution in [2.24, 2.45) is 0 Å². The number of thiol groups is 1. The molecule has 102 valence electrons. The van der Waals surface area contributed by atoms with E-state index in [0.29, 0.717) is 29.5 Å². The van der Waals surface area contributed by atoms with Crippen molar-refractivity contribution in [1.29, 1.82) is 0 Å². The second-order valence-electron chi connectivity index (χ2n) is 3.96. The molecule has 19 heavy (non-hydrogen) atoms. The summed E-state index contributed by atoms with van der Waals surface area (Å²) in [6, 6.07) is 5.40. The molecule has 0 atom stereocenters. The Morgan fingerprint density at radius 1 is 1.32 bits per heavy atom. The normalized spacial score (nSPS) is 10.5. The molecular formula is C13H16N2O3S. The second kappa shape index (κ2) is 5.88. The fourth-order valence-electron chi connectivity index (χ4n) is 1.85. The van der Waals surface area contributed by atoms with Crippen LogP contribution in [0.25, 0.3) is 10.9 Å². The van der Waals surface area contributed by atoms with Gasteiger partial charge in [-0.2, -0.15) is 12.6 Å². The molecule has 0 fully saturated rings. The van der Waals surface area contributed by atoms with Gasteiger partial charge >= 0.3 is 0 Å². The van der Waals surface area contributed by atoms with Crippen LogP contribution in [0.3, 0.4) is 0 Å². The lowest BCUT2D eigenvalue weighted by atomic mass is 10.2. The minimum atomic E-state index is -0.161. The number of aromatic nitrogens is 1. The maximum atomic E-state index is 11.9. The average Bonchev–Trinajstić information content (AvgIpc) is 2.87. The summed E-state index contributed by atoms with van der Waals surface area (Å²) in [5.41, 5.74) is 1.27. The molecule has 0 saturated carbocycles. The Hall–Kier alpha value is -1.82. The number of aromatic amines is 1. The van der Waals surface area contributed by atoms with Crippen LogP contribution in [0.15, 0.2) is 18.2 Å². The summed E-state index contributed by atoms with van der Waals surface area (Å²) in [5.74, 6) is 1.77. The molecule has 6 heteroatoms. The van der Waals surface area contributed by atoms with Crippen LogP contribution < -0.4 is 14.8 Å². The second-order valence-corrected chi connectivity index (χ2v) is 4.40. The molecule has 0 radical (unpaired) electrons. The predicted octanol–water partition coefficient (Wildman–Crippen LogP) is 1.84.